The number of rotatable bonds is 6. The molecule has 0 aliphatic heterocycles. The maximum absolute atomic E-state index is 10.9. The van der Waals surface area contributed by atoms with Crippen LogP contribution < -0.4 is 5.73 Å². The summed E-state index contributed by atoms with van der Waals surface area (Å²) in [7, 11) is 0. The molecule has 0 aromatic heterocycles. The second-order valence-corrected chi connectivity index (χ2v) is 3.66. The lowest BCUT2D eigenvalue weighted by Gasteiger charge is -2.33. The number of likely N-dealkylation sites (N-methyl/N-ethyl adjacent to an activating group) is 1. The standard InChI is InChI=1S/C9H18N2O3/c1-4-11(6-5-7(10)12)9(2,3)8(13)14/h4-6H2,1-3H3,(H2,10,12)(H,13,14). The van der Waals surface area contributed by atoms with Crippen LogP contribution in [0.3, 0.4) is 0 Å². The number of aliphatic carboxylic acids is 1. The van der Waals surface area contributed by atoms with Crippen molar-refractivity contribution >= 4 is 11.9 Å². The Bertz CT molecular complexity index is 226. The van der Waals surface area contributed by atoms with Gasteiger partial charge in [-0.25, -0.2) is 0 Å². The van der Waals surface area contributed by atoms with Crippen molar-refractivity contribution < 1.29 is 14.7 Å². The summed E-state index contributed by atoms with van der Waals surface area (Å²) in [6.07, 6.45) is 0.185. The predicted octanol–water partition coefficient (Wildman–Crippen LogP) is 0.0469. The van der Waals surface area contributed by atoms with Gasteiger partial charge in [0.15, 0.2) is 0 Å². The number of nitrogens with zero attached hydrogens (tertiary/aromatic N) is 1. The largest absolute Gasteiger partial charge is 0.480 e. The molecule has 0 bridgehead atoms. The Morgan fingerprint density at radius 1 is 1.43 bits per heavy atom. The number of carbonyl (C=O) groups excluding carboxylic acids is 1. The first-order chi connectivity index (χ1) is 6.32. The van der Waals surface area contributed by atoms with Crippen LogP contribution in [-0.4, -0.2) is 40.5 Å². The van der Waals surface area contributed by atoms with E-state index in [1.165, 1.54) is 0 Å². The third kappa shape index (κ3) is 3.33. The monoisotopic (exact) mass is 202 g/mol. The van der Waals surface area contributed by atoms with Crippen molar-refractivity contribution in [3.8, 4) is 0 Å². The highest BCUT2D eigenvalue weighted by Crippen LogP contribution is 2.14. The Balaban J connectivity index is 4.39. The molecule has 1 amide bonds. The van der Waals surface area contributed by atoms with E-state index < -0.39 is 17.4 Å². The molecule has 0 rings (SSSR count). The fraction of sp³-hybridized carbons (Fsp3) is 0.778. The second kappa shape index (κ2) is 4.95. The Hall–Kier alpha value is -1.10. The lowest BCUT2D eigenvalue weighted by molar-refractivity contribution is -0.149. The van der Waals surface area contributed by atoms with Gasteiger partial charge in [-0.2, -0.15) is 0 Å². The van der Waals surface area contributed by atoms with Crippen LogP contribution in [0.4, 0.5) is 0 Å². The molecule has 0 aliphatic rings. The summed E-state index contributed by atoms with van der Waals surface area (Å²) < 4.78 is 0. The van der Waals surface area contributed by atoms with Crippen LogP contribution in [0.2, 0.25) is 0 Å². The van der Waals surface area contributed by atoms with E-state index in [1.54, 1.807) is 18.7 Å². The molecular weight excluding hydrogens is 184 g/mol. The molecule has 0 radical (unpaired) electrons. The van der Waals surface area contributed by atoms with Crippen LogP contribution in [0.25, 0.3) is 0 Å². The van der Waals surface area contributed by atoms with Gasteiger partial charge in [0.05, 0.1) is 0 Å². The summed E-state index contributed by atoms with van der Waals surface area (Å²) in [6, 6.07) is 0. The average Bonchev–Trinajstić information content (AvgIpc) is 2.04. The highest BCUT2D eigenvalue weighted by molar-refractivity contribution is 5.78. The minimum absolute atomic E-state index is 0.185. The van der Waals surface area contributed by atoms with E-state index in [0.717, 1.165) is 0 Å². The fourth-order valence-electron chi connectivity index (χ4n) is 1.21. The highest BCUT2D eigenvalue weighted by atomic mass is 16.4. The van der Waals surface area contributed by atoms with Gasteiger partial charge in [-0.15, -0.1) is 0 Å². The molecule has 0 aromatic rings. The van der Waals surface area contributed by atoms with Crippen molar-refractivity contribution in [2.45, 2.75) is 32.7 Å². The number of carboxylic acid groups (broad SMARTS) is 1. The van der Waals surface area contributed by atoms with E-state index in [2.05, 4.69) is 0 Å². The maximum Gasteiger partial charge on any atom is 0.323 e. The smallest absolute Gasteiger partial charge is 0.323 e. The minimum Gasteiger partial charge on any atom is -0.480 e. The molecule has 0 atom stereocenters. The highest BCUT2D eigenvalue weighted by Gasteiger charge is 2.33. The Morgan fingerprint density at radius 2 is 1.93 bits per heavy atom. The summed E-state index contributed by atoms with van der Waals surface area (Å²) in [5.41, 5.74) is 4.05. The molecule has 0 heterocycles. The zero-order valence-corrected chi connectivity index (χ0v) is 8.91. The lowest BCUT2D eigenvalue weighted by Crippen LogP contribution is -2.50. The van der Waals surface area contributed by atoms with E-state index >= 15 is 0 Å². The molecule has 0 unspecified atom stereocenters. The molecule has 5 nitrogen and oxygen atoms in total. The summed E-state index contributed by atoms with van der Waals surface area (Å²) in [5.74, 6) is -1.31. The molecule has 0 saturated carbocycles. The number of carbonyl (C=O) groups is 2. The zero-order chi connectivity index (χ0) is 11.4. The minimum atomic E-state index is -0.954. The maximum atomic E-state index is 10.9. The summed E-state index contributed by atoms with van der Waals surface area (Å²) in [6.45, 7) is 6.03. The van der Waals surface area contributed by atoms with Gasteiger partial charge >= 0.3 is 5.97 Å². The van der Waals surface area contributed by atoms with Crippen molar-refractivity contribution in [3.63, 3.8) is 0 Å². The van der Waals surface area contributed by atoms with Gasteiger partial charge < -0.3 is 10.8 Å². The number of hydrogen-bond donors (Lipinski definition) is 2. The van der Waals surface area contributed by atoms with Crippen molar-refractivity contribution in [2.24, 2.45) is 5.73 Å². The Morgan fingerprint density at radius 3 is 2.21 bits per heavy atom. The van der Waals surface area contributed by atoms with E-state index in [9.17, 15) is 9.59 Å². The SMILES string of the molecule is CCN(CCC(N)=O)C(C)(C)C(=O)O. The molecule has 0 fully saturated rings. The first-order valence-electron chi connectivity index (χ1n) is 4.59. The van der Waals surface area contributed by atoms with Gasteiger partial charge in [-0.05, 0) is 20.4 Å². The summed E-state index contributed by atoms with van der Waals surface area (Å²) >= 11 is 0. The third-order valence-electron chi connectivity index (χ3n) is 2.32. The van der Waals surface area contributed by atoms with Crippen LogP contribution in [0, 0.1) is 0 Å². The van der Waals surface area contributed by atoms with Crippen LogP contribution in [0.15, 0.2) is 0 Å². The molecule has 0 aromatic carbocycles. The van der Waals surface area contributed by atoms with Gasteiger partial charge in [0.25, 0.3) is 0 Å². The lowest BCUT2D eigenvalue weighted by atomic mass is 10.0. The quantitative estimate of drug-likeness (QED) is 0.637. The van der Waals surface area contributed by atoms with Crippen LogP contribution in [0.5, 0.6) is 0 Å². The molecule has 3 N–H and O–H groups in total. The Kier molecular flexibility index (Phi) is 4.56. The van der Waals surface area contributed by atoms with Crippen molar-refractivity contribution in [2.75, 3.05) is 13.1 Å². The average molecular weight is 202 g/mol. The number of primary amides is 1. The molecule has 0 spiro atoms. The van der Waals surface area contributed by atoms with Crippen LogP contribution >= 0.6 is 0 Å². The predicted molar refractivity (Wildman–Crippen MR) is 52.8 cm³/mol. The number of nitrogens with two attached hydrogens (primary N) is 1. The second-order valence-electron chi connectivity index (χ2n) is 3.66. The van der Waals surface area contributed by atoms with Crippen molar-refractivity contribution in [3.05, 3.63) is 0 Å². The summed E-state index contributed by atoms with van der Waals surface area (Å²) in [4.78, 5) is 23.2. The van der Waals surface area contributed by atoms with Gasteiger partial charge in [-0.3, -0.25) is 14.5 Å². The molecule has 5 heteroatoms. The first-order valence-corrected chi connectivity index (χ1v) is 4.59. The number of carboxylic acids is 1. The number of hydrogen-bond acceptors (Lipinski definition) is 3. The molecule has 82 valence electrons. The van der Waals surface area contributed by atoms with E-state index in [-0.39, 0.29) is 6.42 Å². The normalized spacial score (nSPS) is 11.7. The van der Waals surface area contributed by atoms with Crippen molar-refractivity contribution in [1.29, 1.82) is 0 Å². The van der Waals surface area contributed by atoms with Gasteiger partial charge in [0.2, 0.25) is 5.91 Å². The van der Waals surface area contributed by atoms with Crippen molar-refractivity contribution in [1.82, 2.24) is 4.90 Å². The van der Waals surface area contributed by atoms with E-state index in [4.69, 9.17) is 10.8 Å². The van der Waals surface area contributed by atoms with Crippen LogP contribution in [0.1, 0.15) is 27.2 Å². The fourth-order valence-corrected chi connectivity index (χ4v) is 1.21. The van der Waals surface area contributed by atoms with E-state index in [0.29, 0.717) is 13.1 Å². The molecular formula is C9H18N2O3. The van der Waals surface area contributed by atoms with Gasteiger partial charge in [-0.1, -0.05) is 6.92 Å². The molecule has 0 aliphatic carbocycles. The van der Waals surface area contributed by atoms with Crippen LogP contribution in [-0.2, 0) is 9.59 Å². The topological polar surface area (TPSA) is 83.6 Å². The van der Waals surface area contributed by atoms with Gasteiger partial charge in [0.1, 0.15) is 5.54 Å². The van der Waals surface area contributed by atoms with E-state index in [1.807, 2.05) is 6.92 Å². The zero-order valence-electron chi connectivity index (χ0n) is 8.91. The third-order valence-corrected chi connectivity index (χ3v) is 2.32. The number of amides is 1. The molecule has 14 heavy (non-hydrogen) atoms. The van der Waals surface area contributed by atoms with Gasteiger partial charge in [0, 0.05) is 13.0 Å². The summed E-state index contributed by atoms with van der Waals surface area (Å²) in [5, 5.41) is 8.95. The molecule has 0 saturated heterocycles. The Labute approximate surface area is 83.9 Å². The first kappa shape index (κ1) is 12.9.